The van der Waals surface area contributed by atoms with Crippen molar-refractivity contribution in [3.05, 3.63) is 17.7 Å². The van der Waals surface area contributed by atoms with Crippen LogP contribution in [0.3, 0.4) is 0 Å². The molecule has 14 heavy (non-hydrogen) atoms. The summed E-state index contributed by atoms with van der Waals surface area (Å²) < 4.78 is 2.12. The van der Waals surface area contributed by atoms with Gasteiger partial charge in [-0.15, -0.1) is 0 Å². The highest BCUT2D eigenvalue weighted by Gasteiger charge is 2.37. The fourth-order valence-electron chi connectivity index (χ4n) is 1.81. The van der Waals surface area contributed by atoms with Crippen LogP contribution < -0.4 is 5.73 Å². The van der Waals surface area contributed by atoms with Crippen molar-refractivity contribution >= 4 is 0 Å². The van der Waals surface area contributed by atoms with E-state index in [4.69, 9.17) is 5.73 Å². The number of aromatic nitrogens is 2. The van der Waals surface area contributed by atoms with Crippen LogP contribution in [0.4, 0.5) is 0 Å². The third kappa shape index (κ3) is 1.98. The molecule has 0 bridgehead atoms. The Balaban J connectivity index is 1.95. The van der Waals surface area contributed by atoms with Gasteiger partial charge in [-0.25, -0.2) is 4.98 Å². The third-order valence-electron chi connectivity index (χ3n) is 3.11. The molecule has 0 spiro atoms. The van der Waals surface area contributed by atoms with Gasteiger partial charge in [0.1, 0.15) is 5.82 Å². The second kappa shape index (κ2) is 3.39. The lowest BCUT2D eigenvalue weighted by Gasteiger charge is -2.05. The van der Waals surface area contributed by atoms with E-state index in [2.05, 4.69) is 29.7 Å². The molecule has 1 heterocycles. The highest BCUT2D eigenvalue weighted by Crippen LogP contribution is 2.36. The fraction of sp³-hybridized carbons (Fsp3) is 0.727. The predicted molar refractivity (Wildman–Crippen MR) is 57.1 cm³/mol. The van der Waals surface area contributed by atoms with Crippen molar-refractivity contribution in [2.45, 2.75) is 44.6 Å². The van der Waals surface area contributed by atoms with Gasteiger partial charge in [-0.3, -0.25) is 0 Å². The number of hydrogen-bond donors (Lipinski definition) is 1. The maximum absolute atomic E-state index is 6.04. The third-order valence-corrected chi connectivity index (χ3v) is 3.11. The quantitative estimate of drug-likeness (QED) is 0.785. The molecular weight excluding hydrogens is 174 g/mol. The van der Waals surface area contributed by atoms with Crippen LogP contribution in [-0.2, 0) is 19.9 Å². The molecule has 3 nitrogen and oxygen atoms in total. The predicted octanol–water partition coefficient (Wildman–Crippen LogP) is 1.41. The molecule has 1 aliphatic rings. The highest BCUT2D eigenvalue weighted by molar-refractivity contribution is 5.07. The first kappa shape index (κ1) is 9.71. The van der Waals surface area contributed by atoms with Gasteiger partial charge in [0.2, 0.25) is 0 Å². The Kier molecular flexibility index (Phi) is 2.35. The van der Waals surface area contributed by atoms with Gasteiger partial charge in [0, 0.05) is 25.2 Å². The van der Waals surface area contributed by atoms with Gasteiger partial charge in [-0.1, -0.05) is 6.92 Å². The summed E-state index contributed by atoms with van der Waals surface area (Å²) in [6.07, 6.45) is 7.65. The summed E-state index contributed by atoms with van der Waals surface area (Å²) in [7, 11) is 2.06. The Bertz CT molecular complexity index is 323. The standard InChI is InChI=1S/C11H19N3/c1-3-10-13-9(8-14(10)2)4-5-11(12)6-7-11/h8H,3-7,12H2,1-2H3. The molecule has 0 radical (unpaired) electrons. The first-order chi connectivity index (χ1) is 6.63. The molecule has 1 fully saturated rings. The molecule has 1 saturated carbocycles. The number of nitrogens with two attached hydrogens (primary N) is 1. The maximum atomic E-state index is 6.04. The molecule has 0 atom stereocenters. The summed E-state index contributed by atoms with van der Waals surface area (Å²) in [5.41, 5.74) is 7.39. The molecule has 2 rings (SSSR count). The topological polar surface area (TPSA) is 43.8 Å². The van der Waals surface area contributed by atoms with Crippen molar-refractivity contribution in [1.82, 2.24) is 9.55 Å². The van der Waals surface area contributed by atoms with E-state index in [-0.39, 0.29) is 5.54 Å². The van der Waals surface area contributed by atoms with Crippen LogP contribution in [0.15, 0.2) is 6.20 Å². The zero-order chi connectivity index (χ0) is 10.2. The van der Waals surface area contributed by atoms with Crippen molar-refractivity contribution in [2.24, 2.45) is 12.8 Å². The van der Waals surface area contributed by atoms with Crippen LogP contribution in [0, 0.1) is 0 Å². The Morgan fingerprint density at radius 2 is 2.29 bits per heavy atom. The van der Waals surface area contributed by atoms with Crippen LogP contribution in [0.1, 0.15) is 37.7 Å². The van der Waals surface area contributed by atoms with Crippen molar-refractivity contribution in [2.75, 3.05) is 0 Å². The molecule has 0 aliphatic heterocycles. The van der Waals surface area contributed by atoms with Gasteiger partial charge in [-0.05, 0) is 25.7 Å². The Labute approximate surface area is 85.3 Å². The minimum absolute atomic E-state index is 0.157. The molecule has 0 saturated heterocycles. The first-order valence-corrected chi connectivity index (χ1v) is 5.43. The number of rotatable bonds is 4. The molecule has 2 N–H and O–H groups in total. The average Bonchev–Trinajstić information content (AvgIpc) is 2.77. The summed E-state index contributed by atoms with van der Waals surface area (Å²) in [6.45, 7) is 2.14. The molecule has 3 heteroatoms. The lowest BCUT2D eigenvalue weighted by Crippen LogP contribution is -2.22. The van der Waals surface area contributed by atoms with E-state index < -0.39 is 0 Å². The van der Waals surface area contributed by atoms with E-state index in [1.165, 1.54) is 24.4 Å². The van der Waals surface area contributed by atoms with Crippen LogP contribution in [0.5, 0.6) is 0 Å². The molecule has 1 aromatic heterocycles. The maximum Gasteiger partial charge on any atom is 0.108 e. The second-order valence-electron chi connectivity index (χ2n) is 4.48. The largest absolute Gasteiger partial charge is 0.338 e. The average molecular weight is 193 g/mol. The molecule has 78 valence electrons. The zero-order valence-electron chi connectivity index (χ0n) is 9.08. The van der Waals surface area contributed by atoms with E-state index >= 15 is 0 Å². The van der Waals surface area contributed by atoms with E-state index in [0.717, 1.165) is 19.3 Å². The normalized spacial score (nSPS) is 18.5. The van der Waals surface area contributed by atoms with Gasteiger partial charge in [-0.2, -0.15) is 0 Å². The number of hydrogen-bond acceptors (Lipinski definition) is 2. The van der Waals surface area contributed by atoms with Crippen molar-refractivity contribution in [3.8, 4) is 0 Å². The van der Waals surface area contributed by atoms with Gasteiger partial charge in [0.15, 0.2) is 0 Å². The zero-order valence-corrected chi connectivity index (χ0v) is 9.08. The Morgan fingerprint density at radius 1 is 1.57 bits per heavy atom. The summed E-state index contributed by atoms with van der Waals surface area (Å²) in [5, 5.41) is 0. The lowest BCUT2D eigenvalue weighted by atomic mass is 10.1. The molecule has 1 aliphatic carbocycles. The summed E-state index contributed by atoms with van der Waals surface area (Å²) in [4.78, 5) is 4.57. The molecule has 0 unspecified atom stereocenters. The fourth-order valence-corrected chi connectivity index (χ4v) is 1.81. The van der Waals surface area contributed by atoms with Crippen molar-refractivity contribution in [3.63, 3.8) is 0 Å². The van der Waals surface area contributed by atoms with Gasteiger partial charge >= 0.3 is 0 Å². The smallest absolute Gasteiger partial charge is 0.108 e. The van der Waals surface area contributed by atoms with Crippen LogP contribution in [0.25, 0.3) is 0 Å². The van der Waals surface area contributed by atoms with E-state index in [9.17, 15) is 0 Å². The van der Waals surface area contributed by atoms with Crippen LogP contribution >= 0.6 is 0 Å². The molecule has 0 amide bonds. The van der Waals surface area contributed by atoms with Gasteiger partial charge in [0.05, 0.1) is 5.69 Å². The van der Waals surface area contributed by atoms with E-state index in [1.807, 2.05) is 0 Å². The van der Waals surface area contributed by atoms with Gasteiger partial charge < -0.3 is 10.3 Å². The van der Waals surface area contributed by atoms with Crippen LogP contribution in [0.2, 0.25) is 0 Å². The number of nitrogens with zero attached hydrogens (tertiary/aromatic N) is 2. The Morgan fingerprint density at radius 3 is 2.79 bits per heavy atom. The number of aryl methyl sites for hydroxylation is 3. The minimum Gasteiger partial charge on any atom is -0.338 e. The molecule has 0 aromatic carbocycles. The van der Waals surface area contributed by atoms with E-state index in [0.29, 0.717) is 0 Å². The highest BCUT2D eigenvalue weighted by atomic mass is 15.0. The molecular formula is C11H19N3. The molecule has 1 aromatic rings. The minimum atomic E-state index is 0.157. The van der Waals surface area contributed by atoms with E-state index in [1.54, 1.807) is 0 Å². The summed E-state index contributed by atoms with van der Waals surface area (Å²) >= 11 is 0. The monoisotopic (exact) mass is 193 g/mol. The van der Waals surface area contributed by atoms with Gasteiger partial charge in [0.25, 0.3) is 0 Å². The Hall–Kier alpha value is -0.830. The van der Waals surface area contributed by atoms with Crippen LogP contribution in [-0.4, -0.2) is 15.1 Å². The second-order valence-corrected chi connectivity index (χ2v) is 4.48. The van der Waals surface area contributed by atoms with Crippen molar-refractivity contribution in [1.29, 1.82) is 0 Å². The first-order valence-electron chi connectivity index (χ1n) is 5.43. The SMILES string of the molecule is CCc1nc(CCC2(N)CC2)cn1C. The summed E-state index contributed by atoms with van der Waals surface area (Å²) in [6, 6.07) is 0. The summed E-state index contributed by atoms with van der Waals surface area (Å²) in [5.74, 6) is 1.17. The lowest BCUT2D eigenvalue weighted by molar-refractivity contribution is 0.604. The number of imidazole rings is 1. The van der Waals surface area contributed by atoms with Crippen molar-refractivity contribution < 1.29 is 0 Å².